The summed E-state index contributed by atoms with van der Waals surface area (Å²) in [6.07, 6.45) is 1.05. The molecule has 1 aromatic heterocycles. The molecule has 4 heteroatoms. The van der Waals surface area contributed by atoms with E-state index in [0.29, 0.717) is 0 Å². The van der Waals surface area contributed by atoms with Crippen LogP contribution >= 0.6 is 11.3 Å². The van der Waals surface area contributed by atoms with E-state index < -0.39 is 0 Å². The molecular weight excluding hydrogens is 256 g/mol. The van der Waals surface area contributed by atoms with E-state index in [4.69, 9.17) is 4.74 Å². The molecule has 0 N–H and O–H groups in total. The fraction of sp³-hybridized carbons (Fsp3) is 0.400. The molecule has 0 amide bonds. The van der Waals surface area contributed by atoms with Crippen molar-refractivity contribution in [2.24, 2.45) is 0 Å². The largest absolute Gasteiger partial charge is 0.491 e. The second-order valence-electron chi connectivity index (χ2n) is 4.98. The SMILES string of the molecule is Cc1ccc2c(c1)N(Cc1nc(C)cs1)CCCO2. The van der Waals surface area contributed by atoms with Crippen molar-refractivity contribution in [3.8, 4) is 5.75 Å². The molecule has 19 heavy (non-hydrogen) atoms. The van der Waals surface area contributed by atoms with E-state index in [1.54, 1.807) is 11.3 Å². The molecule has 3 nitrogen and oxygen atoms in total. The average Bonchev–Trinajstić information content (AvgIpc) is 2.69. The highest BCUT2D eigenvalue weighted by atomic mass is 32.1. The fourth-order valence-electron chi connectivity index (χ4n) is 2.36. The summed E-state index contributed by atoms with van der Waals surface area (Å²) < 4.78 is 5.82. The van der Waals surface area contributed by atoms with Crippen LogP contribution in [0.5, 0.6) is 5.75 Å². The molecule has 1 aliphatic heterocycles. The molecule has 100 valence electrons. The molecular formula is C15H18N2OS. The van der Waals surface area contributed by atoms with Gasteiger partial charge < -0.3 is 9.64 Å². The van der Waals surface area contributed by atoms with Crippen LogP contribution < -0.4 is 9.64 Å². The van der Waals surface area contributed by atoms with Gasteiger partial charge in [0.1, 0.15) is 10.8 Å². The maximum absolute atomic E-state index is 5.82. The fourth-order valence-corrected chi connectivity index (χ4v) is 3.14. The molecule has 0 atom stereocenters. The van der Waals surface area contributed by atoms with E-state index in [9.17, 15) is 0 Å². The summed E-state index contributed by atoms with van der Waals surface area (Å²) in [6.45, 7) is 6.86. The van der Waals surface area contributed by atoms with E-state index in [0.717, 1.165) is 37.6 Å². The lowest BCUT2D eigenvalue weighted by atomic mass is 10.2. The lowest BCUT2D eigenvalue weighted by molar-refractivity contribution is 0.322. The van der Waals surface area contributed by atoms with E-state index in [1.807, 2.05) is 6.92 Å². The number of hydrogen-bond acceptors (Lipinski definition) is 4. The summed E-state index contributed by atoms with van der Waals surface area (Å²) in [4.78, 5) is 6.95. The Bertz CT molecular complexity index is 579. The second kappa shape index (κ2) is 5.21. The predicted octanol–water partition coefficient (Wildman–Crippen LogP) is 3.55. The summed E-state index contributed by atoms with van der Waals surface area (Å²) in [5, 5.41) is 3.28. The van der Waals surface area contributed by atoms with Gasteiger partial charge in [0.05, 0.1) is 18.8 Å². The molecule has 0 saturated heterocycles. The first-order valence-corrected chi connectivity index (χ1v) is 7.50. The van der Waals surface area contributed by atoms with Crippen LogP contribution in [0.15, 0.2) is 23.6 Å². The number of fused-ring (bicyclic) bond motifs is 1. The number of aromatic nitrogens is 1. The molecule has 1 aromatic carbocycles. The summed E-state index contributed by atoms with van der Waals surface area (Å²) >= 11 is 1.74. The maximum atomic E-state index is 5.82. The topological polar surface area (TPSA) is 25.4 Å². The second-order valence-corrected chi connectivity index (χ2v) is 5.92. The molecule has 0 radical (unpaired) electrons. The van der Waals surface area contributed by atoms with Crippen molar-refractivity contribution in [3.63, 3.8) is 0 Å². The van der Waals surface area contributed by atoms with Crippen LogP contribution in [0.2, 0.25) is 0 Å². The Kier molecular flexibility index (Phi) is 3.42. The zero-order valence-electron chi connectivity index (χ0n) is 11.3. The molecule has 3 rings (SSSR count). The van der Waals surface area contributed by atoms with Crippen LogP contribution in [0.25, 0.3) is 0 Å². The highest BCUT2D eigenvalue weighted by molar-refractivity contribution is 7.09. The van der Waals surface area contributed by atoms with Crippen molar-refractivity contribution in [2.45, 2.75) is 26.8 Å². The number of hydrogen-bond donors (Lipinski definition) is 0. The van der Waals surface area contributed by atoms with Gasteiger partial charge in [-0.15, -0.1) is 11.3 Å². The van der Waals surface area contributed by atoms with Crippen molar-refractivity contribution < 1.29 is 4.74 Å². The zero-order chi connectivity index (χ0) is 13.2. The minimum absolute atomic E-state index is 0.795. The van der Waals surface area contributed by atoms with Crippen LogP contribution in [-0.2, 0) is 6.54 Å². The first-order chi connectivity index (χ1) is 9.22. The smallest absolute Gasteiger partial charge is 0.142 e. The number of anilines is 1. The third kappa shape index (κ3) is 2.73. The van der Waals surface area contributed by atoms with Crippen LogP contribution in [-0.4, -0.2) is 18.1 Å². The van der Waals surface area contributed by atoms with E-state index in [1.165, 1.54) is 16.3 Å². The normalized spacial score (nSPS) is 14.7. The van der Waals surface area contributed by atoms with Gasteiger partial charge in [0.25, 0.3) is 0 Å². The van der Waals surface area contributed by atoms with Gasteiger partial charge in [0, 0.05) is 17.6 Å². The Labute approximate surface area is 117 Å². The van der Waals surface area contributed by atoms with Gasteiger partial charge >= 0.3 is 0 Å². The molecule has 0 unspecified atom stereocenters. The number of rotatable bonds is 2. The Morgan fingerprint density at radius 1 is 1.37 bits per heavy atom. The van der Waals surface area contributed by atoms with Crippen molar-refractivity contribution in [1.29, 1.82) is 0 Å². The minimum atomic E-state index is 0.795. The van der Waals surface area contributed by atoms with Crippen LogP contribution in [0.1, 0.15) is 22.7 Å². The number of nitrogens with zero attached hydrogens (tertiary/aromatic N) is 2. The summed E-state index contributed by atoms with van der Waals surface area (Å²) in [5.41, 5.74) is 3.57. The summed E-state index contributed by atoms with van der Waals surface area (Å²) in [6, 6.07) is 6.40. The van der Waals surface area contributed by atoms with Crippen molar-refractivity contribution in [2.75, 3.05) is 18.1 Å². The number of ether oxygens (including phenoxy) is 1. The lowest BCUT2D eigenvalue weighted by Crippen LogP contribution is -2.23. The highest BCUT2D eigenvalue weighted by Crippen LogP contribution is 2.33. The Morgan fingerprint density at radius 3 is 3.05 bits per heavy atom. The Morgan fingerprint density at radius 2 is 2.26 bits per heavy atom. The van der Waals surface area contributed by atoms with Crippen LogP contribution in [0, 0.1) is 13.8 Å². The molecule has 2 aromatic rings. The van der Waals surface area contributed by atoms with Crippen molar-refractivity contribution in [3.05, 3.63) is 39.8 Å². The molecule has 2 heterocycles. The first-order valence-electron chi connectivity index (χ1n) is 6.62. The standard InChI is InChI=1S/C15H18N2OS/c1-11-4-5-14-13(8-11)17(6-3-7-18-14)9-15-16-12(2)10-19-15/h4-5,8,10H,3,6-7,9H2,1-2H3. The molecule has 0 fully saturated rings. The van der Waals surface area contributed by atoms with Gasteiger partial charge in [-0.25, -0.2) is 4.98 Å². The number of thiazole rings is 1. The minimum Gasteiger partial charge on any atom is -0.491 e. The third-order valence-electron chi connectivity index (χ3n) is 3.28. The van der Waals surface area contributed by atoms with E-state index >= 15 is 0 Å². The maximum Gasteiger partial charge on any atom is 0.142 e. The van der Waals surface area contributed by atoms with Crippen LogP contribution in [0.3, 0.4) is 0 Å². The van der Waals surface area contributed by atoms with E-state index in [2.05, 4.69) is 40.4 Å². The lowest BCUT2D eigenvalue weighted by Gasteiger charge is -2.23. The Hall–Kier alpha value is -1.55. The summed E-state index contributed by atoms with van der Waals surface area (Å²) in [7, 11) is 0. The van der Waals surface area contributed by atoms with Crippen molar-refractivity contribution in [1.82, 2.24) is 4.98 Å². The molecule has 1 aliphatic rings. The highest BCUT2D eigenvalue weighted by Gasteiger charge is 2.17. The van der Waals surface area contributed by atoms with Gasteiger partial charge in [-0.1, -0.05) is 6.07 Å². The van der Waals surface area contributed by atoms with Crippen molar-refractivity contribution >= 4 is 17.0 Å². The molecule has 0 aliphatic carbocycles. The van der Waals surface area contributed by atoms with Gasteiger partial charge in [-0.05, 0) is 38.0 Å². The summed E-state index contributed by atoms with van der Waals surface area (Å²) in [5.74, 6) is 0.997. The first kappa shape index (κ1) is 12.5. The molecule has 0 saturated carbocycles. The zero-order valence-corrected chi connectivity index (χ0v) is 12.2. The van der Waals surface area contributed by atoms with Gasteiger partial charge in [-0.2, -0.15) is 0 Å². The third-order valence-corrected chi connectivity index (χ3v) is 4.23. The van der Waals surface area contributed by atoms with E-state index in [-0.39, 0.29) is 0 Å². The predicted molar refractivity (Wildman–Crippen MR) is 79.2 cm³/mol. The Balaban J connectivity index is 1.91. The molecule has 0 spiro atoms. The molecule has 0 bridgehead atoms. The van der Waals surface area contributed by atoms with Crippen LogP contribution in [0.4, 0.5) is 5.69 Å². The van der Waals surface area contributed by atoms with Gasteiger partial charge in [0.15, 0.2) is 0 Å². The quantitative estimate of drug-likeness (QED) is 0.837. The average molecular weight is 274 g/mol. The number of benzene rings is 1. The number of aryl methyl sites for hydroxylation is 2. The van der Waals surface area contributed by atoms with Gasteiger partial charge in [0.2, 0.25) is 0 Å². The monoisotopic (exact) mass is 274 g/mol. The van der Waals surface area contributed by atoms with Gasteiger partial charge in [-0.3, -0.25) is 0 Å².